The largest absolute Gasteiger partial charge is 0.339 e. The van der Waals surface area contributed by atoms with Gasteiger partial charge >= 0.3 is 0 Å². The molecule has 0 atom stereocenters. The molecule has 0 radical (unpaired) electrons. The highest BCUT2D eigenvalue weighted by molar-refractivity contribution is 6.92. The molecule has 0 saturated heterocycles. The molecule has 0 bridgehead atoms. The zero-order valence-corrected chi connectivity index (χ0v) is 14.5. The zero-order valence-electron chi connectivity index (χ0n) is 13.5. The van der Waals surface area contributed by atoms with Crippen molar-refractivity contribution >= 4 is 46.1 Å². The number of para-hydroxylation sites is 1. The molecule has 4 rings (SSSR count). The molecule has 0 fully saturated rings. The summed E-state index contributed by atoms with van der Waals surface area (Å²) in [6.45, 7) is 9.41. The number of rotatable bonds is 1. The van der Waals surface area contributed by atoms with Crippen molar-refractivity contribution < 1.29 is 0 Å². The lowest BCUT2D eigenvalue weighted by Crippen LogP contribution is -2.38. The molecule has 1 N–H and O–H groups in total. The summed E-state index contributed by atoms with van der Waals surface area (Å²) in [6.07, 6.45) is 0. The minimum Gasteiger partial charge on any atom is -0.339 e. The summed E-state index contributed by atoms with van der Waals surface area (Å²) in [5, 5.41) is 5.48. The molecular weight excluding hydrogens is 284 g/mol. The SMILES string of the molecule is Cc1ccc2[nH]c3nc4ccccc4c([Si](C)(C)C)c3c2c1. The lowest BCUT2D eigenvalue weighted by atomic mass is 10.1. The van der Waals surface area contributed by atoms with E-state index in [9.17, 15) is 0 Å². The number of pyridine rings is 1. The normalized spacial score (nSPS) is 12.5. The van der Waals surface area contributed by atoms with Gasteiger partial charge in [0.1, 0.15) is 5.65 Å². The molecule has 2 aromatic carbocycles. The molecule has 22 heavy (non-hydrogen) atoms. The average Bonchev–Trinajstić information content (AvgIpc) is 2.80. The number of hydrogen-bond donors (Lipinski definition) is 1. The first-order chi connectivity index (χ1) is 10.4. The molecule has 0 saturated carbocycles. The molecule has 0 spiro atoms. The summed E-state index contributed by atoms with van der Waals surface area (Å²) in [5.41, 5.74) is 4.60. The van der Waals surface area contributed by atoms with Gasteiger partial charge in [0.05, 0.1) is 13.6 Å². The van der Waals surface area contributed by atoms with Crippen LogP contribution in [0.15, 0.2) is 42.5 Å². The summed E-state index contributed by atoms with van der Waals surface area (Å²) in [6, 6.07) is 15.2. The molecule has 110 valence electrons. The lowest BCUT2D eigenvalue weighted by Gasteiger charge is -2.20. The van der Waals surface area contributed by atoms with Crippen LogP contribution in [0.4, 0.5) is 0 Å². The van der Waals surface area contributed by atoms with E-state index in [2.05, 4.69) is 74.0 Å². The van der Waals surface area contributed by atoms with Crippen molar-refractivity contribution in [2.75, 3.05) is 0 Å². The fourth-order valence-electron chi connectivity index (χ4n) is 3.45. The number of nitrogens with one attached hydrogen (secondary N) is 1. The third-order valence-electron chi connectivity index (χ3n) is 4.34. The van der Waals surface area contributed by atoms with Crippen LogP contribution in [0.3, 0.4) is 0 Å². The van der Waals surface area contributed by atoms with E-state index in [1.54, 1.807) is 0 Å². The first-order valence-electron chi connectivity index (χ1n) is 7.76. The zero-order chi connectivity index (χ0) is 15.5. The van der Waals surface area contributed by atoms with Gasteiger partial charge < -0.3 is 4.98 Å². The maximum absolute atomic E-state index is 4.89. The minimum absolute atomic E-state index is 1.02. The van der Waals surface area contributed by atoms with Crippen LogP contribution in [0.1, 0.15) is 5.56 Å². The highest BCUT2D eigenvalue weighted by atomic mass is 28.3. The van der Waals surface area contributed by atoms with Crippen LogP contribution >= 0.6 is 0 Å². The first kappa shape index (κ1) is 13.5. The monoisotopic (exact) mass is 304 g/mol. The van der Waals surface area contributed by atoms with Crippen LogP contribution in [-0.2, 0) is 0 Å². The number of benzene rings is 2. The Bertz CT molecular complexity index is 1020. The van der Waals surface area contributed by atoms with Gasteiger partial charge in [-0.05, 0) is 30.3 Å². The molecule has 0 aliphatic heterocycles. The van der Waals surface area contributed by atoms with E-state index in [1.807, 2.05) is 0 Å². The highest BCUT2D eigenvalue weighted by Gasteiger charge is 2.25. The molecule has 2 nitrogen and oxygen atoms in total. The van der Waals surface area contributed by atoms with E-state index >= 15 is 0 Å². The molecular formula is C19H20N2Si. The van der Waals surface area contributed by atoms with Crippen LogP contribution in [0.5, 0.6) is 0 Å². The third kappa shape index (κ3) is 1.89. The number of H-pyrrole nitrogens is 1. The Morgan fingerprint density at radius 2 is 1.73 bits per heavy atom. The summed E-state index contributed by atoms with van der Waals surface area (Å²) in [7, 11) is -1.52. The smallest absolute Gasteiger partial charge is 0.138 e. The van der Waals surface area contributed by atoms with Crippen molar-refractivity contribution in [3.63, 3.8) is 0 Å². The second kappa shape index (κ2) is 4.43. The molecule has 3 heteroatoms. The van der Waals surface area contributed by atoms with Crippen molar-refractivity contribution in [3.05, 3.63) is 48.0 Å². The molecule has 2 aromatic heterocycles. The predicted molar refractivity (Wildman–Crippen MR) is 98.8 cm³/mol. The Balaban J connectivity index is 2.33. The first-order valence-corrected chi connectivity index (χ1v) is 11.3. The number of fused-ring (bicyclic) bond motifs is 4. The van der Waals surface area contributed by atoms with Gasteiger partial charge in [-0.2, -0.15) is 0 Å². The number of aromatic amines is 1. The second-order valence-corrected chi connectivity index (χ2v) is 12.2. The third-order valence-corrected chi connectivity index (χ3v) is 6.36. The predicted octanol–water partition coefficient (Wildman–Crippen LogP) is 4.72. The van der Waals surface area contributed by atoms with Crippen LogP contribution in [0.25, 0.3) is 32.8 Å². The van der Waals surface area contributed by atoms with Gasteiger partial charge in [-0.1, -0.05) is 49.5 Å². The Labute approximate surface area is 131 Å². The Kier molecular flexibility index (Phi) is 2.72. The van der Waals surface area contributed by atoms with E-state index in [-0.39, 0.29) is 0 Å². The standard InChI is InChI=1S/C19H20N2Si/c1-12-9-10-16-14(11-12)17-18(22(2,3)4)13-7-5-6-8-15(13)20-19(17)21-16/h5-11H,1-4H3,(H,20,21). The Morgan fingerprint density at radius 1 is 0.955 bits per heavy atom. The van der Waals surface area contributed by atoms with E-state index < -0.39 is 8.07 Å². The van der Waals surface area contributed by atoms with Gasteiger partial charge in [0.2, 0.25) is 0 Å². The summed E-state index contributed by atoms with van der Waals surface area (Å²) in [4.78, 5) is 8.41. The topological polar surface area (TPSA) is 28.7 Å². The van der Waals surface area contributed by atoms with E-state index in [1.165, 1.54) is 32.4 Å². The van der Waals surface area contributed by atoms with Crippen molar-refractivity contribution in [1.82, 2.24) is 9.97 Å². The van der Waals surface area contributed by atoms with Crippen molar-refractivity contribution in [3.8, 4) is 0 Å². The molecule has 4 aromatic rings. The minimum atomic E-state index is -1.52. The number of aromatic nitrogens is 2. The number of nitrogens with zero attached hydrogens (tertiary/aromatic N) is 1. The lowest BCUT2D eigenvalue weighted by molar-refractivity contribution is 1.40. The number of hydrogen-bond acceptors (Lipinski definition) is 1. The maximum atomic E-state index is 4.89. The van der Waals surface area contributed by atoms with Gasteiger partial charge in [-0.3, -0.25) is 0 Å². The highest BCUT2D eigenvalue weighted by Crippen LogP contribution is 2.29. The van der Waals surface area contributed by atoms with Crippen LogP contribution in [0.2, 0.25) is 19.6 Å². The van der Waals surface area contributed by atoms with Gasteiger partial charge in [-0.25, -0.2) is 4.98 Å². The fraction of sp³-hybridized carbons (Fsp3) is 0.211. The second-order valence-electron chi connectivity index (χ2n) is 7.15. The van der Waals surface area contributed by atoms with Gasteiger partial charge in [0.15, 0.2) is 0 Å². The van der Waals surface area contributed by atoms with E-state index in [0.717, 1.165) is 11.2 Å². The van der Waals surface area contributed by atoms with Crippen molar-refractivity contribution in [2.24, 2.45) is 0 Å². The van der Waals surface area contributed by atoms with Crippen molar-refractivity contribution in [2.45, 2.75) is 26.6 Å². The Morgan fingerprint density at radius 3 is 2.50 bits per heavy atom. The summed E-state index contributed by atoms with van der Waals surface area (Å²) in [5.74, 6) is 0. The van der Waals surface area contributed by atoms with Crippen molar-refractivity contribution in [1.29, 1.82) is 0 Å². The van der Waals surface area contributed by atoms with Gasteiger partial charge in [-0.15, -0.1) is 0 Å². The van der Waals surface area contributed by atoms with E-state index in [4.69, 9.17) is 4.98 Å². The number of aryl methyl sites for hydroxylation is 1. The quantitative estimate of drug-likeness (QED) is 0.506. The summed E-state index contributed by atoms with van der Waals surface area (Å²) < 4.78 is 0. The van der Waals surface area contributed by atoms with Gasteiger partial charge in [0.25, 0.3) is 0 Å². The molecule has 0 unspecified atom stereocenters. The molecule has 0 amide bonds. The van der Waals surface area contributed by atoms with E-state index in [0.29, 0.717) is 0 Å². The Hall–Kier alpha value is -2.13. The fourth-order valence-corrected chi connectivity index (χ4v) is 5.47. The van der Waals surface area contributed by atoms with Crippen LogP contribution in [-0.4, -0.2) is 18.0 Å². The maximum Gasteiger partial charge on any atom is 0.138 e. The van der Waals surface area contributed by atoms with Crippen LogP contribution in [0, 0.1) is 6.92 Å². The molecule has 0 aliphatic rings. The van der Waals surface area contributed by atoms with Gasteiger partial charge in [0, 0.05) is 21.7 Å². The van der Waals surface area contributed by atoms with Crippen LogP contribution < -0.4 is 5.19 Å². The average molecular weight is 304 g/mol. The molecule has 2 heterocycles. The molecule has 0 aliphatic carbocycles. The summed E-state index contributed by atoms with van der Waals surface area (Å²) >= 11 is 0.